The van der Waals surface area contributed by atoms with Crippen molar-refractivity contribution in [1.29, 1.82) is 0 Å². The van der Waals surface area contributed by atoms with Gasteiger partial charge in [0.05, 0.1) is 21.1 Å². The van der Waals surface area contributed by atoms with Crippen LogP contribution in [0.5, 0.6) is 5.75 Å². The van der Waals surface area contributed by atoms with E-state index >= 15 is 0 Å². The molecule has 0 saturated heterocycles. The summed E-state index contributed by atoms with van der Waals surface area (Å²) >= 11 is 8.67. The normalized spacial score (nSPS) is 14.8. The van der Waals surface area contributed by atoms with Gasteiger partial charge in [0.1, 0.15) is 18.9 Å². The number of anilines is 1. The molecular formula is C19H34N2O5PS2+. The summed E-state index contributed by atoms with van der Waals surface area (Å²) < 4.78 is 22.6. The van der Waals surface area contributed by atoms with Gasteiger partial charge >= 0.3 is 7.82 Å². The van der Waals surface area contributed by atoms with Gasteiger partial charge in [-0.05, 0) is 49.3 Å². The lowest BCUT2D eigenvalue weighted by molar-refractivity contribution is -0.870. The molecule has 0 aliphatic heterocycles. The number of nitrogens with one attached hydrogen (secondary N) is 1. The molecule has 166 valence electrons. The maximum absolute atomic E-state index is 12.0. The number of likely N-dealkylation sites (N-methyl/N-ethyl adjacent to an activating group) is 1. The van der Waals surface area contributed by atoms with Gasteiger partial charge in [0.15, 0.2) is 0 Å². The maximum atomic E-state index is 12.0. The van der Waals surface area contributed by atoms with Crippen LogP contribution in [-0.4, -0.2) is 60.6 Å². The zero-order valence-corrected chi connectivity index (χ0v) is 20.1. The van der Waals surface area contributed by atoms with Gasteiger partial charge in [-0.15, -0.1) is 0 Å². The van der Waals surface area contributed by atoms with Crippen molar-refractivity contribution in [1.82, 2.24) is 0 Å². The zero-order chi connectivity index (χ0) is 21.9. The Morgan fingerprint density at radius 2 is 1.86 bits per heavy atom. The van der Waals surface area contributed by atoms with Gasteiger partial charge in [0, 0.05) is 17.4 Å². The molecule has 1 aromatic rings. The second kappa shape index (κ2) is 12.9. The van der Waals surface area contributed by atoms with Crippen LogP contribution in [0.15, 0.2) is 24.3 Å². The Labute approximate surface area is 185 Å². The van der Waals surface area contributed by atoms with Gasteiger partial charge in [-0.3, -0.25) is 14.2 Å². The topological polar surface area (TPSA) is 84.9 Å². The molecule has 29 heavy (non-hydrogen) atoms. The fourth-order valence-electron chi connectivity index (χ4n) is 2.37. The first-order valence-corrected chi connectivity index (χ1v) is 12.3. The highest BCUT2D eigenvalue weighted by molar-refractivity contribution is 7.81. The summed E-state index contributed by atoms with van der Waals surface area (Å²) in [4.78, 5) is 21.8. The van der Waals surface area contributed by atoms with Crippen LogP contribution in [0, 0.1) is 0 Å². The molecule has 10 heteroatoms. The van der Waals surface area contributed by atoms with E-state index in [0.29, 0.717) is 28.4 Å². The number of rotatable bonds is 14. The van der Waals surface area contributed by atoms with Gasteiger partial charge < -0.3 is 14.3 Å². The molecular weight excluding hydrogens is 431 g/mol. The SMILES string of the molecule is C[N+](C)(C)CCOP(=O)(O)Oc1ccc(NC(=O)CCCCC(S)CCS)cc1. The van der Waals surface area contributed by atoms with Crippen molar-refractivity contribution in [3.63, 3.8) is 0 Å². The standard InChI is InChI=1S/C19H33N2O5PS2/c1-21(2,3)13-14-25-27(23,24)26-17-10-8-16(9-11-17)20-19(22)7-5-4-6-18(29)12-15-28/h8-11,18H,4-7,12-15H2,1-3H3,(H3-,20,22,23,24,28,29)/p+1. The van der Waals surface area contributed by atoms with E-state index in [4.69, 9.17) is 9.05 Å². The number of nitrogens with zero attached hydrogens (tertiary/aromatic N) is 1. The molecule has 0 bridgehead atoms. The molecule has 0 aromatic heterocycles. The van der Waals surface area contributed by atoms with Crippen LogP contribution in [0.4, 0.5) is 5.69 Å². The molecule has 1 aromatic carbocycles. The number of benzene rings is 1. The van der Waals surface area contributed by atoms with Crippen LogP contribution < -0.4 is 9.84 Å². The van der Waals surface area contributed by atoms with Crippen LogP contribution in [0.25, 0.3) is 0 Å². The van der Waals surface area contributed by atoms with Gasteiger partial charge in [0.2, 0.25) is 5.91 Å². The van der Waals surface area contributed by atoms with E-state index in [1.54, 1.807) is 12.1 Å². The average molecular weight is 466 g/mol. The van der Waals surface area contributed by atoms with E-state index in [-0.39, 0.29) is 18.3 Å². The minimum atomic E-state index is -4.18. The largest absolute Gasteiger partial charge is 0.527 e. The highest BCUT2D eigenvalue weighted by atomic mass is 32.1. The third-order valence-electron chi connectivity index (χ3n) is 4.03. The van der Waals surface area contributed by atoms with Crippen molar-refractivity contribution in [3.05, 3.63) is 24.3 Å². The zero-order valence-electron chi connectivity index (χ0n) is 17.4. The molecule has 0 aliphatic rings. The summed E-state index contributed by atoms with van der Waals surface area (Å²) in [6.45, 7) is 0.677. The number of thiol groups is 2. The molecule has 0 heterocycles. The lowest BCUT2D eigenvalue weighted by atomic mass is 10.1. The number of carbonyl (C=O) groups excluding carboxylic acids is 1. The number of phosphoric ester groups is 1. The Hall–Kier alpha value is -0.700. The fraction of sp³-hybridized carbons (Fsp3) is 0.632. The summed E-state index contributed by atoms with van der Waals surface area (Å²) in [5.74, 6) is 0.950. The molecule has 1 rings (SSSR count). The Balaban J connectivity index is 2.37. The van der Waals surface area contributed by atoms with E-state index in [1.165, 1.54) is 12.1 Å². The van der Waals surface area contributed by atoms with Crippen molar-refractivity contribution in [2.45, 2.75) is 37.4 Å². The molecule has 0 spiro atoms. The van der Waals surface area contributed by atoms with Crippen LogP contribution in [-0.2, 0) is 13.9 Å². The summed E-state index contributed by atoms with van der Waals surface area (Å²) in [5, 5.41) is 3.14. The van der Waals surface area contributed by atoms with Crippen LogP contribution in [0.3, 0.4) is 0 Å². The fourth-order valence-corrected chi connectivity index (χ4v) is 3.95. The molecule has 0 radical (unpaired) electrons. The first-order chi connectivity index (χ1) is 13.5. The van der Waals surface area contributed by atoms with Crippen LogP contribution in [0.2, 0.25) is 0 Å². The first-order valence-electron chi connectivity index (χ1n) is 9.67. The van der Waals surface area contributed by atoms with Crippen molar-refractivity contribution in [2.75, 3.05) is 45.4 Å². The first kappa shape index (κ1) is 26.3. The van der Waals surface area contributed by atoms with Crippen molar-refractivity contribution in [3.8, 4) is 5.75 Å². The van der Waals surface area contributed by atoms with Gasteiger partial charge in [-0.25, -0.2) is 4.57 Å². The lowest BCUT2D eigenvalue weighted by Crippen LogP contribution is -2.37. The summed E-state index contributed by atoms with van der Waals surface area (Å²) in [5.41, 5.74) is 0.600. The third kappa shape index (κ3) is 13.3. The Kier molecular flexibility index (Phi) is 11.7. The van der Waals surface area contributed by atoms with E-state index in [9.17, 15) is 14.3 Å². The van der Waals surface area contributed by atoms with Crippen LogP contribution >= 0.6 is 33.1 Å². The third-order valence-corrected chi connectivity index (χ3v) is 5.75. The number of quaternary nitrogens is 1. The lowest BCUT2D eigenvalue weighted by Gasteiger charge is -2.24. The number of hydrogen-bond acceptors (Lipinski definition) is 6. The quantitative estimate of drug-likeness (QED) is 0.144. The number of phosphoric acid groups is 1. The second-order valence-electron chi connectivity index (χ2n) is 7.89. The number of carbonyl (C=O) groups is 1. The van der Waals surface area contributed by atoms with Gasteiger partial charge in [-0.2, -0.15) is 25.3 Å². The maximum Gasteiger partial charge on any atom is 0.527 e. The Morgan fingerprint density at radius 3 is 2.45 bits per heavy atom. The van der Waals surface area contributed by atoms with Gasteiger partial charge in [-0.1, -0.05) is 6.42 Å². The molecule has 7 nitrogen and oxygen atoms in total. The monoisotopic (exact) mass is 465 g/mol. The average Bonchev–Trinajstić information content (AvgIpc) is 2.59. The van der Waals surface area contributed by atoms with Crippen molar-refractivity contribution >= 4 is 44.7 Å². The number of hydrogen-bond donors (Lipinski definition) is 4. The highest BCUT2D eigenvalue weighted by Gasteiger charge is 2.24. The highest BCUT2D eigenvalue weighted by Crippen LogP contribution is 2.43. The van der Waals surface area contributed by atoms with E-state index in [0.717, 1.165) is 31.4 Å². The minimum Gasteiger partial charge on any atom is -0.404 e. The second-order valence-corrected chi connectivity index (χ2v) is 10.4. The van der Waals surface area contributed by atoms with E-state index in [1.807, 2.05) is 21.1 Å². The predicted octanol–water partition coefficient (Wildman–Crippen LogP) is 4.01. The summed E-state index contributed by atoms with van der Waals surface area (Å²) in [6, 6.07) is 6.28. The molecule has 2 unspecified atom stereocenters. The van der Waals surface area contributed by atoms with Gasteiger partial charge in [0.25, 0.3) is 0 Å². The Bertz CT molecular complexity index is 668. The Morgan fingerprint density at radius 1 is 1.21 bits per heavy atom. The molecule has 2 atom stereocenters. The predicted molar refractivity (Wildman–Crippen MR) is 124 cm³/mol. The van der Waals surface area contributed by atoms with Crippen molar-refractivity contribution in [2.24, 2.45) is 0 Å². The minimum absolute atomic E-state index is 0.0694. The van der Waals surface area contributed by atoms with E-state index < -0.39 is 7.82 Å². The number of unbranched alkanes of at least 4 members (excludes halogenated alkanes) is 1. The summed E-state index contributed by atoms with van der Waals surface area (Å²) in [7, 11) is 1.69. The summed E-state index contributed by atoms with van der Waals surface area (Å²) in [6.07, 6.45) is 4.12. The smallest absolute Gasteiger partial charge is 0.404 e. The molecule has 0 aliphatic carbocycles. The molecule has 1 amide bonds. The molecule has 0 saturated carbocycles. The number of amides is 1. The van der Waals surface area contributed by atoms with Crippen LogP contribution in [0.1, 0.15) is 32.1 Å². The molecule has 2 N–H and O–H groups in total. The van der Waals surface area contributed by atoms with E-state index in [2.05, 4.69) is 30.6 Å². The molecule has 0 fully saturated rings. The van der Waals surface area contributed by atoms with Crippen molar-refractivity contribution < 1.29 is 27.8 Å².